The van der Waals surface area contributed by atoms with E-state index in [4.69, 9.17) is 5.73 Å². The van der Waals surface area contributed by atoms with Gasteiger partial charge < -0.3 is 11.1 Å². The molecule has 1 aliphatic carbocycles. The molecule has 6 nitrogen and oxygen atoms in total. The molecule has 140 valence electrons. The minimum atomic E-state index is -0.739. The Morgan fingerprint density at radius 2 is 2.07 bits per heavy atom. The van der Waals surface area contributed by atoms with Crippen LogP contribution >= 0.6 is 11.8 Å². The zero-order valence-corrected chi connectivity index (χ0v) is 15.9. The van der Waals surface area contributed by atoms with Crippen LogP contribution < -0.4 is 11.1 Å². The molecule has 4 rings (SSSR count). The Kier molecular flexibility index (Phi) is 4.18. The molecular formula is C19H20FN5OS. The maximum Gasteiger partial charge on any atom is 0.275 e. The lowest BCUT2D eigenvalue weighted by molar-refractivity contribution is 0.102. The van der Waals surface area contributed by atoms with Gasteiger partial charge >= 0.3 is 0 Å². The zero-order valence-electron chi connectivity index (χ0n) is 15.1. The van der Waals surface area contributed by atoms with E-state index < -0.39 is 11.4 Å². The number of hydrogen-bond acceptors (Lipinski definition) is 6. The molecule has 0 unspecified atom stereocenters. The molecule has 2 heterocycles. The normalized spacial score (nSPS) is 23.0. The molecule has 1 saturated carbocycles. The quantitative estimate of drug-likeness (QED) is 0.846. The van der Waals surface area contributed by atoms with E-state index in [0.717, 1.165) is 24.3 Å². The highest BCUT2D eigenvalue weighted by molar-refractivity contribution is 8.13. The first-order valence-corrected chi connectivity index (χ1v) is 9.70. The lowest BCUT2D eigenvalue weighted by Gasteiger charge is -2.39. The Morgan fingerprint density at radius 3 is 2.74 bits per heavy atom. The van der Waals surface area contributed by atoms with Crippen molar-refractivity contribution in [2.45, 2.75) is 32.2 Å². The standard InChI is InChI=1S/C19H20FN5OS/c1-11-8-23-15(9-22-11)16(26)24-12-3-4-14(20)13(7-12)18(2)19(5-6-19)10-27-17(21)25-18/h3-4,7-9H,5-6,10H2,1-2H3,(H2,21,25)(H,24,26)/t18-/m1/s1. The van der Waals surface area contributed by atoms with Crippen LogP contribution in [0.4, 0.5) is 10.1 Å². The number of aromatic nitrogens is 2. The molecule has 0 radical (unpaired) electrons. The number of benzene rings is 1. The number of nitrogens with one attached hydrogen (secondary N) is 1. The summed E-state index contributed by atoms with van der Waals surface area (Å²) in [7, 11) is 0. The summed E-state index contributed by atoms with van der Waals surface area (Å²) in [6.07, 6.45) is 4.92. The van der Waals surface area contributed by atoms with Gasteiger partial charge in [0, 0.05) is 28.6 Å². The van der Waals surface area contributed by atoms with Gasteiger partial charge in [-0.1, -0.05) is 11.8 Å². The number of rotatable bonds is 3. The predicted molar refractivity (Wildman–Crippen MR) is 104 cm³/mol. The van der Waals surface area contributed by atoms with Crippen LogP contribution in [0.3, 0.4) is 0 Å². The summed E-state index contributed by atoms with van der Waals surface area (Å²) in [6, 6.07) is 4.55. The molecule has 0 bridgehead atoms. The fourth-order valence-corrected chi connectivity index (χ4v) is 4.77. The van der Waals surface area contributed by atoms with Crippen molar-refractivity contribution in [3.63, 3.8) is 0 Å². The number of nitrogens with zero attached hydrogens (tertiary/aromatic N) is 3. The van der Waals surface area contributed by atoms with Gasteiger partial charge in [-0.25, -0.2) is 9.37 Å². The number of amidine groups is 1. The number of hydrogen-bond donors (Lipinski definition) is 2. The van der Waals surface area contributed by atoms with Crippen molar-refractivity contribution in [1.29, 1.82) is 0 Å². The van der Waals surface area contributed by atoms with E-state index in [-0.39, 0.29) is 16.9 Å². The van der Waals surface area contributed by atoms with E-state index in [1.807, 2.05) is 6.92 Å². The second-order valence-corrected chi connectivity index (χ2v) is 8.28. The number of halogens is 1. The molecule has 27 heavy (non-hydrogen) atoms. The number of anilines is 1. The van der Waals surface area contributed by atoms with Gasteiger partial charge in [0.05, 0.1) is 17.4 Å². The second-order valence-electron chi connectivity index (χ2n) is 7.28. The third-order valence-corrected chi connectivity index (χ3v) is 6.56. The lowest BCUT2D eigenvalue weighted by atomic mass is 9.77. The van der Waals surface area contributed by atoms with Gasteiger partial charge in [0.15, 0.2) is 5.17 Å². The van der Waals surface area contributed by atoms with Crippen molar-refractivity contribution in [1.82, 2.24) is 9.97 Å². The zero-order chi connectivity index (χ0) is 19.2. The average molecular weight is 385 g/mol. The summed E-state index contributed by atoms with van der Waals surface area (Å²) >= 11 is 1.52. The maximum absolute atomic E-state index is 14.8. The van der Waals surface area contributed by atoms with Crippen molar-refractivity contribution >= 4 is 28.5 Å². The lowest BCUT2D eigenvalue weighted by Crippen LogP contribution is -2.40. The van der Waals surface area contributed by atoms with Crippen molar-refractivity contribution in [3.8, 4) is 0 Å². The fraction of sp³-hybridized carbons (Fsp3) is 0.368. The molecule has 0 saturated heterocycles. The van der Waals surface area contributed by atoms with Crippen LogP contribution in [0.2, 0.25) is 0 Å². The summed E-state index contributed by atoms with van der Waals surface area (Å²) in [5.74, 6) is 0.0855. The van der Waals surface area contributed by atoms with Crippen molar-refractivity contribution < 1.29 is 9.18 Å². The van der Waals surface area contributed by atoms with E-state index in [0.29, 0.717) is 16.4 Å². The third-order valence-electron chi connectivity index (χ3n) is 5.48. The van der Waals surface area contributed by atoms with Gasteiger partial charge in [0.25, 0.3) is 5.91 Å². The third kappa shape index (κ3) is 3.07. The number of nitrogens with two attached hydrogens (primary N) is 1. The molecule has 2 aromatic rings. The Labute approximate surface area is 160 Å². The topological polar surface area (TPSA) is 93.3 Å². The first-order valence-electron chi connectivity index (χ1n) is 8.71. The van der Waals surface area contributed by atoms with Gasteiger partial charge in [0.1, 0.15) is 11.5 Å². The largest absolute Gasteiger partial charge is 0.379 e. The second kappa shape index (κ2) is 6.30. The van der Waals surface area contributed by atoms with Crippen LogP contribution in [0.15, 0.2) is 35.6 Å². The Hall–Kier alpha value is -2.48. The average Bonchev–Trinajstić information content (AvgIpc) is 3.42. The molecule has 3 N–H and O–H groups in total. The molecule has 1 amide bonds. The predicted octanol–water partition coefficient (Wildman–Crippen LogP) is 3.23. The van der Waals surface area contributed by atoms with Gasteiger partial charge in [-0.05, 0) is 44.9 Å². The number of thioether (sulfide) groups is 1. The summed E-state index contributed by atoms with van der Waals surface area (Å²) in [6.45, 7) is 3.73. The Bertz CT molecular complexity index is 942. The molecule has 1 aromatic heterocycles. The highest BCUT2D eigenvalue weighted by Gasteiger charge is 2.60. The van der Waals surface area contributed by atoms with Crippen LogP contribution in [-0.4, -0.2) is 26.8 Å². The molecular weight excluding hydrogens is 365 g/mol. The van der Waals surface area contributed by atoms with Crippen LogP contribution in [-0.2, 0) is 5.54 Å². The van der Waals surface area contributed by atoms with Crippen LogP contribution in [0.5, 0.6) is 0 Å². The van der Waals surface area contributed by atoms with E-state index in [2.05, 4.69) is 20.3 Å². The van der Waals surface area contributed by atoms with E-state index >= 15 is 0 Å². The summed E-state index contributed by atoms with van der Waals surface area (Å²) < 4.78 is 14.8. The Balaban J connectivity index is 1.67. The maximum atomic E-state index is 14.8. The highest BCUT2D eigenvalue weighted by Crippen LogP contribution is 2.63. The molecule has 8 heteroatoms. The number of aliphatic imine (C=N–C) groups is 1. The molecule has 1 aliphatic heterocycles. The van der Waals surface area contributed by atoms with E-state index in [9.17, 15) is 9.18 Å². The minimum Gasteiger partial charge on any atom is -0.379 e. The molecule has 2 aliphatic rings. The monoisotopic (exact) mass is 385 g/mol. The smallest absolute Gasteiger partial charge is 0.275 e. The Morgan fingerprint density at radius 1 is 1.30 bits per heavy atom. The number of carbonyl (C=O) groups is 1. The van der Waals surface area contributed by atoms with E-state index in [1.54, 1.807) is 13.0 Å². The molecule has 1 spiro atoms. The molecule has 1 fully saturated rings. The molecule has 1 aromatic carbocycles. The van der Waals surface area contributed by atoms with Crippen molar-refractivity contribution in [2.75, 3.05) is 11.1 Å². The first-order chi connectivity index (χ1) is 12.8. The molecule has 1 atom stereocenters. The van der Waals surface area contributed by atoms with E-state index in [1.165, 1.54) is 36.3 Å². The minimum absolute atomic E-state index is 0.0769. The highest BCUT2D eigenvalue weighted by atomic mass is 32.2. The number of amides is 1. The first kappa shape index (κ1) is 17.9. The van der Waals surface area contributed by atoms with Gasteiger partial charge in [0.2, 0.25) is 0 Å². The van der Waals surface area contributed by atoms with Crippen molar-refractivity contribution in [2.24, 2.45) is 16.1 Å². The fourth-order valence-electron chi connectivity index (χ4n) is 3.53. The van der Waals surface area contributed by atoms with Gasteiger partial charge in [-0.2, -0.15) is 0 Å². The van der Waals surface area contributed by atoms with Gasteiger partial charge in [-0.3, -0.25) is 14.8 Å². The SMILES string of the molecule is Cc1cnc(C(=O)Nc2ccc(F)c([C@@]3(C)N=C(N)SCC34CC4)c2)cn1. The number of aryl methyl sites for hydroxylation is 1. The summed E-state index contributed by atoms with van der Waals surface area (Å²) in [5.41, 5.74) is 7.01. The van der Waals surface area contributed by atoms with Crippen molar-refractivity contribution in [3.05, 3.63) is 53.4 Å². The summed E-state index contributed by atoms with van der Waals surface area (Å²) in [5, 5.41) is 3.24. The van der Waals surface area contributed by atoms with Crippen LogP contribution in [0.25, 0.3) is 0 Å². The van der Waals surface area contributed by atoms with Crippen LogP contribution in [0.1, 0.15) is 41.5 Å². The van der Waals surface area contributed by atoms with Gasteiger partial charge in [-0.15, -0.1) is 0 Å². The summed E-state index contributed by atoms with van der Waals surface area (Å²) in [4.78, 5) is 25.2. The van der Waals surface area contributed by atoms with Crippen LogP contribution in [0, 0.1) is 18.2 Å². The number of carbonyl (C=O) groups excluding carboxylic acids is 1.